The Bertz CT molecular complexity index is 1400. The van der Waals surface area contributed by atoms with Gasteiger partial charge in [-0.15, -0.1) is 0 Å². The van der Waals surface area contributed by atoms with Gasteiger partial charge in [-0.1, -0.05) is 54.1 Å². The standard InChI is InChI=1S/C26H20ClN3O3/c1-16(29-30-26(33)23-14-18-6-2-3-7-19(18)15-24(23)31)17-8-5-11-22(13-17)28-25(32)20-9-4-10-21(27)12-20/h2-15,31H,1H3,(H,28,32)(H,30,33)/b29-16+. The number of nitrogens with zero attached hydrogens (tertiary/aromatic N) is 1. The van der Waals surface area contributed by atoms with Crippen molar-refractivity contribution in [2.75, 3.05) is 5.32 Å². The van der Waals surface area contributed by atoms with Gasteiger partial charge in [0.15, 0.2) is 0 Å². The van der Waals surface area contributed by atoms with E-state index in [-0.39, 0.29) is 17.2 Å². The molecule has 7 heteroatoms. The minimum Gasteiger partial charge on any atom is -0.507 e. The number of phenols is 1. The first-order valence-corrected chi connectivity index (χ1v) is 10.5. The second-order valence-corrected chi connectivity index (χ2v) is 7.84. The SMILES string of the molecule is C/C(=N\NC(=O)c1cc2ccccc2cc1O)c1cccc(NC(=O)c2cccc(Cl)c2)c1. The maximum absolute atomic E-state index is 12.6. The van der Waals surface area contributed by atoms with Crippen molar-refractivity contribution in [3.8, 4) is 5.75 Å². The normalized spacial score (nSPS) is 11.3. The van der Waals surface area contributed by atoms with Gasteiger partial charge in [-0.3, -0.25) is 9.59 Å². The first-order chi connectivity index (χ1) is 15.9. The van der Waals surface area contributed by atoms with Gasteiger partial charge < -0.3 is 10.4 Å². The van der Waals surface area contributed by atoms with E-state index < -0.39 is 5.91 Å². The molecule has 3 N–H and O–H groups in total. The summed E-state index contributed by atoms with van der Waals surface area (Å²) < 4.78 is 0. The Morgan fingerprint density at radius 1 is 0.818 bits per heavy atom. The number of anilines is 1. The molecule has 0 unspecified atom stereocenters. The van der Waals surface area contributed by atoms with Crippen LogP contribution in [0, 0.1) is 0 Å². The average Bonchev–Trinajstić information content (AvgIpc) is 2.82. The highest BCUT2D eigenvalue weighted by Crippen LogP contribution is 2.25. The Morgan fingerprint density at radius 2 is 1.52 bits per heavy atom. The van der Waals surface area contributed by atoms with Crippen LogP contribution in [-0.2, 0) is 0 Å². The van der Waals surface area contributed by atoms with Crippen LogP contribution in [0.4, 0.5) is 5.69 Å². The van der Waals surface area contributed by atoms with E-state index in [0.29, 0.717) is 27.5 Å². The first kappa shape index (κ1) is 22.0. The smallest absolute Gasteiger partial charge is 0.275 e. The molecule has 4 aromatic rings. The third kappa shape index (κ3) is 5.19. The number of fused-ring (bicyclic) bond motifs is 1. The van der Waals surface area contributed by atoms with Crippen LogP contribution in [0.5, 0.6) is 5.75 Å². The lowest BCUT2D eigenvalue weighted by molar-refractivity contribution is 0.0951. The van der Waals surface area contributed by atoms with Crippen molar-refractivity contribution in [1.82, 2.24) is 5.43 Å². The van der Waals surface area contributed by atoms with Crippen LogP contribution in [0.1, 0.15) is 33.2 Å². The first-order valence-electron chi connectivity index (χ1n) is 10.1. The molecular weight excluding hydrogens is 438 g/mol. The molecule has 6 nitrogen and oxygen atoms in total. The minimum atomic E-state index is -0.525. The van der Waals surface area contributed by atoms with Gasteiger partial charge in [-0.2, -0.15) is 5.10 Å². The number of nitrogens with one attached hydrogen (secondary N) is 2. The molecule has 0 atom stereocenters. The van der Waals surface area contributed by atoms with Crippen LogP contribution < -0.4 is 10.7 Å². The molecule has 4 rings (SSSR count). The van der Waals surface area contributed by atoms with Crippen LogP contribution in [0.25, 0.3) is 10.8 Å². The van der Waals surface area contributed by atoms with Gasteiger partial charge in [0, 0.05) is 16.3 Å². The molecule has 0 aliphatic carbocycles. The number of phenolic OH excluding ortho intramolecular Hbond substituents is 1. The second-order valence-electron chi connectivity index (χ2n) is 7.40. The predicted octanol–water partition coefficient (Wildman–Crippen LogP) is 5.61. The van der Waals surface area contributed by atoms with Gasteiger partial charge in [0.1, 0.15) is 5.75 Å². The molecule has 0 saturated carbocycles. The van der Waals surface area contributed by atoms with E-state index in [4.69, 9.17) is 11.6 Å². The Morgan fingerprint density at radius 3 is 2.27 bits per heavy atom. The number of halogens is 1. The maximum atomic E-state index is 12.6. The summed E-state index contributed by atoms with van der Waals surface area (Å²) in [5.41, 5.74) is 4.87. The summed E-state index contributed by atoms with van der Waals surface area (Å²) in [5, 5.41) is 19.4. The fraction of sp³-hybridized carbons (Fsp3) is 0.0385. The van der Waals surface area contributed by atoms with E-state index >= 15 is 0 Å². The van der Waals surface area contributed by atoms with Gasteiger partial charge in [0.05, 0.1) is 11.3 Å². The number of rotatable bonds is 5. The van der Waals surface area contributed by atoms with Crippen molar-refractivity contribution in [2.24, 2.45) is 5.10 Å². The third-order valence-corrected chi connectivity index (χ3v) is 5.29. The molecule has 0 aromatic heterocycles. The number of amides is 2. The van der Waals surface area contributed by atoms with Gasteiger partial charge in [0.2, 0.25) is 0 Å². The molecule has 4 aromatic carbocycles. The van der Waals surface area contributed by atoms with Gasteiger partial charge in [0.25, 0.3) is 11.8 Å². The highest BCUT2D eigenvalue weighted by atomic mass is 35.5. The lowest BCUT2D eigenvalue weighted by atomic mass is 10.1. The van der Waals surface area contributed by atoms with Crippen molar-refractivity contribution in [1.29, 1.82) is 0 Å². The van der Waals surface area contributed by atoms with E-state index in [1.807, 2.05) is 30.3 Å². The molecule has 164 valence electrons. The number of carbonyl (C=O) groups excluding carboxylic acids is 2. The van der Waals surface area contributed by atoms with E-state index in [1.165, 1.54) is 0 Å². The van der Waals surface area contributed by atoms with Crippen molar-refractivity contribution < 1.29 is 14.7 Å². The largest absolute Gasteiger partial charge is 0.507 e. The maximum Gasteiger partial charge on any atom is 0.275 e. The zero-order chi connectivity index (χ0) is 23.4. The summed E-state index contributed by atoms with van der Waals surface area (Å²) >= 11 is 5.96. The van der Waals surface area contributed by atoms with E-state index in [0.717, 1.165) is 10.8 Å². The van der Waals surface area contributed by atoms with Crippen LogP contribution in [-0.4, -0.2) is 22.6 Å². The second kappa shape index (κ2) is 9.54. The summed E-state index contributed by atoms with van der Waals surface area (Å²) in [5.74, 6) is -0.933. The molecule has 0 aliphatic heterocycles. The number of aromatic hydroxyl groups is 1. The number of hydrazone groups is 1. The van der Waals surface area contributed by atoms with Crippen molar-refractivity contribution in [2.45, 2.75) is 6.92 Å². The fourth-order valence-corrected chi connectivity index (χ4v) is 3.51. The van der Waals surface area contributed by atoms with E-state index in [1.54, 1.807) is 61.5 Å². The number of hydrogen-bond donors (Lipinski definition) is 3. The van der Waals surface area contributed by atoms with Gasteiger partial charge in [-0.25, -0.2) is 5.43 Å². The minimum absolute atomic E-state index is 0.121. The lowest BCUT2D eigenvalue weighted by Gasteiger charge is -2.09. The molecular formula is C26H20ClN3O3. The lowest BCUT2D eigenvalue weighted by Crippen LogP contribution is -2.19. The topological polar surface area (TPSA) is 90.8 Å². The zero-order valence-corrected chi connectivity index (χ0v) is 18.4. The van der Waals surface area contributed by atoms with Crippen molar-refractivity contribution in [3.05, 3.63) is 107 Å². The molecule has 0 spiro atoms. The van der Waals surface area contributed by atoms with Crippen molar-refractivity contribution in [3.63, 3.8) is 0 Å². The number of carbonyl (C=O) groups is 2. The van der Waals surface area contributed by atoms with Gasteiger partial charge >= 0.3 is 0 Å². The molecule has 0 aliphatic rings. The van der Waals surface area contributed by atoms with Crippen LogP contribution in [0.3, 0.4) is 0 Å². The van der Waals surface area contributed by atoms with Gasteiger partial charge in [-0.05, 0) is 65.7 Å². The van der Waals surface area contributed by atoms with Crippen LogP contribution in [0.2, 0.25) is 5.02 Å². The Hall–Kier alpha value is -4.16. The Kier molecular flexibility index (Phi) is 6.38. The third-order valence-electron chi connectivity index (χ3n) is 5.06. The highest BCUT2D eigenvalue weighted by Gasteiger charge is 2.13. The monoisotopic (exact) mass is 457 g/mol. The summed E-state index contributed by atoms with van der Waals surface area (Å²) in [6, 6.07) is 24.4. The predicted molar refractivity (Wildman–Crippen MR) is 131 cm³/mol. The zero-order valence-electron chi connectivity index (χ0n) is 17.7. The molecule has 2 amide bonds. The molecule has 0 saturated heterocycles. The molecule has 0 radical (unpaired) electrons. The van der Waals surface area contributed by atoms with Crippen molar-refractivity contribution >= 4 is 45.6 Å². The Balaban J connectivity index is 1.48. The summed E-state index contributed by atoms with van der Waals surface area (Å²) in [7, 11) is 0. The summed E-state index contributed by atoms with van der Waals surface area (Å²) in [6.45, 7) is 1.73. The summed E-state index contributed by atoms with van der Waals surface area (Å²) in [6.07, 6.45) is 0. The molecule has 0 fully saturated rings. The summed E-state index contributed by atoms with van der Waals surface area (Å²) in [4.78, 5) is 25.1. The number of benzene rings is 4. The van der Waals surface area contributed by atoms with Crippen LogP contribution >= 0.6 is 11.6 Å². The molecule has 33 heavy (non-hydrogen) atoms. The molecule has 0 bridgehead atoms. The highest BCUT2D eigenvalue weighted by molar-refractivity contribution is 6.31. The fourth-order valence-electron chi connectivity index (χ4n) is 3.32. The van der Waals surface area contributed by atoms with Crippen LogP contribution in [0.15, 0.2) is 90.0 Å². The quantitative estimate of drug-likeness (QED) is 0.269. The van der Waals surface area contributed by atoms with E-state index in [9.17, 15) is 14.7 Å². The average molecular weight is 458 g/mol. The Labute approximate surface area is 195 Å². The number of hydrogen-bond acceptors (Lipinski definition) is 4. The molecule has 0 heterocycles. The van der Waals surface area contributed by atoms with E-state index in [2.05, 4.69) is 15.8 Å².